The second-order valence-corrected chi connectivity index (χ2v) is 3.75. The number of nitrogens with zero attached hydrogens (tertiary/aromatic N) is 3. The minimum atomic E-state index is -0.408. The molecule has 0 saturated carbocycles. The second-order valence-electron chi connectivity index (χ2n) is 3.75. The number of hydrogen-bond donors (Lipinski definition) is 1. The standard InChI is InChI=1S/C11H13FN4/c1-7-3-10(16(2)15-7)11(13)8-4-9(12)6-14-5-8/h3-6,11H,13H2,1-2H3. The average Bonchev–Trinajstić information content (AvgIpc) is 2.57. The van der Waals surface area contributed by atoms with Gasteiger partial charge in [-0.25, -0.2) is 4.39 Å². The molecule has 1 atom stereocenters. The largest absolute Gasteiger partial charge is 0.319 e. The summed E-state index contributed by atoms with van der Waals surface area (Å²) in [5, 5.41) is 4.20. The maximum absolute atomic E-state index is 13.0. The van der Waals surface area contributed by atoms with Crippen LogP contribution in [0.2, 0.25) is 0 Å². The number of pyridine rings is 1. The first-order valence-corrected chi connectivity index (χ1v) is 4.94. The second kappa shape index (κ2) is 4.02. The van der Waals surface area contributed by atoms with Gasteiger partial charge in [-0.3, -0.25) is 9.67 Å². The van der Waals surface area contributed by atoms with Gasteiger partial charge in [0, 0.05) is 13.2 Å². The SMILES string of the molecule is Cc1cc(C(N)c2cncc(F)c2)n(C)n1. The van der Waals surface area contributed by atoms with Crippen LogP contribution in [0.5, 0.6) is 0 Å². The third-order valence-corrected chi connectivity index (χ3v) is 2.44. The summed E-state index contributed by atoms with van der Waals surface area (Å²) in [5.74, 6) is -0.383. The highest BCUT2D eigenvalue weighted by molar-refractivity contribution is 5.26. The molecule has 0 amide bonds. The lowest BCUT2D eigenvalue weighted by Crippen LogP contribution is -2.16. The van der Waals surface area contributed by atoms with Crippen molar-refractivity contribution in [2.45, 2.75) is 13.0 Å². The summed E-state index contributed by atoms with van der Waals surface area (Å²) in [6, 6.07) is 2.87. The summed E-state index contributed by atoms with van der Waals surface area (Å²) in [7, 11) is 1.81. The first kappa shape index (κ1) is 10.8. The maximum Gasteiger partial charge on any atom is 0.141 e. The van der Waals surface area contributed by atoms with Gasteiger partial charge in [-0.2, -0.15) is 5.10 Å². The smallest absolute Gasteiger partial charge is 0.141 e. The van der Waals surface area contributed by atoms with Gasteiger partial charge in [0.1, 0.15) is 5.82 Å². The summed E-state index contributed by atoms with van der Waals surface area (Å²) in [6.07, 6.45) is 2.72. The third-order valence-electron chi connectivity index (χ3n) is 2.44. The van der Waals surface area contributed by atoms with Gasteiger partial charge in [0.25, 0.3) is 0 Å². The molecule has 0 aromatic carbocycles. The van der Waals surface area contributed by atoms with Crippen molar-refractivity contribution < 1.29 is 4.39 Å². The Morgan fingerprint density at radius 3 is 2.69 bits per heavy atom. The van der Waals surface area contributed by atoms with Gasteiger partial charge in [0.2, 0.25) is 0 Å². The van der Waals surface area contributed by atoms with Crippen molar-refractivity contribution in [3.63, 3.8) is 0 Å². The molecule has 16 heavy (non-hydrogen) atoms. The van der Waals surface area contributed by atoms with E-state index in [-0.39, 0.29) is 5.82 Å². The van der Waals surface area contributed by atoms with E-state index < -0.39 is 6.04 Å². The first-order chi connectivity index (χ1) is 7.58. The highest BCUT2D eigenvalue weighted by Gasteiger charge is 2.14. The zero-order valence-electron chi connectivity index (χ0n) is 9.18. The average molecular weight is 220 g/mol. The molecular weight excluding hydrogens is 207 g/mol. The van der Waals surface area contributed by atoms with E-state index in [0.717, 1.165) is 17.6 Å². The fourth-order valence-corrected chi connectivity index (χ4v) is 1.69. The molecule has 0 fully saturated rings. The van der Waals surface area contributed by atoms with Crippen LogP contribution < -0.4 is 5.73 Å². The molecule has 0 aliphatic rings. The van der Waals surface area contributed by atoms with Crippen molar-refractivity contribution >= 4 is 0 Å². The molecule has 0 spiro atoms. The van der Waals surface area contributed by atoms with Crippen LogP contribution >= 0.6 is 0 Å². The Hall–Kier alpha value is -1.75. The van der Waals surface area contributed by atoms with E-state index in [2.05, 4.69) is 10.1 Å². The number of aryl methyl sites for hydroxylation is 2. The quantitative estimate of drug-likeness (QED) is 0.830. The lowest BCUT2D eigenvalue weighted by molar-refractivity contribution is 0.611. The van der Waals surface area contributed by atoms with Crippen molar-refractivity contribution in [1.29, 1.82) is 0 Å². The van der Waals surface area contributed by atoms with Crippen molar-refractivity contribution in [3.8, 4) is 0 Å². The van der Waals surface area contributed by atoms with Gasteiger partial charge in [-0.1, -0.05) is 0 Å². The highest BCUT2D eigenvalue weighted by atomic mass is 19.1. The van der Waals surface area contributed by atoms with E-state index in [4.69, 9.17) is 5.73 Å². The molecule has 0 aliphatic heterocycles. The number of rotatable bonds is 2. The van der Waals surface area contributed by atoms with E-state index in [1.54, 1.807) is 10.9 Å². The summed E-state index contributed by atoms with van der Waals surface area (Å²) in [4.78, 5) is 3.78. The van der Waals surface area contributed by atoms with Crippen LogP contribution in [0.4, 0.5) is 4.39 Å². The Kier molecular flexibility index (Phi) is 2.70. The Labute approximate surface area is 92.9 Å². The van der Waals surface area contributed by atoms with Crippen molar-refractivity contribution in [2.75, 3.05) is 0 Å². The van der Waals surface area contributed by atoms with Crippen LogP contribution in [0.15, 0.2) is 24.5 Å². The Morgan fingerprint density at radius 2 is 2.12 bits per heavy atom. The predicted octanol–water partition coefficient (Wildman–Crippen LogP) is 1.31. The lowest BCUT2D eigenvalue weighted by Gasteiger charge is -2.11. The minimum absolute atomic E-state index is 0.383. The molecule has 0 aliphatic carbocycles. The number of aromatic nitrogens is 3. The van der Waals surface area contributed by atoms with Gasteiger partial charge in [-0.15, -0.1) is 0 Å². The highest BCUT2D eigenvalue weighted by Crippen LogP contribution is 2.19. The van der Waals surface area contributed by atoms with Gasteiger partial charge >= 0.3 is 0 Å². The van der Waals surface area contributed by atoms with Crippen LogP contribution in [0, 0.1) is 12.7 Å². The Bertz CT molecular complexity index is 506. The summed E-state index contributed by atoms with van der Waals surface area (Å²) in [5.41, 5.74) is 8.40. The topological polar surface area (TPSA) is 56.7 Å². The zero-order valence-corrected chi connectivity index (χ0v) is 9.18. The third kappa shape index (κ3) is 1.94. The normalized spacial score (nSPS) is 12.8. The molecule has 2 heterocycles. The summed E-state index contributed by atoms with van der Waals surface area (Å²) in [6.45, 7) is 1.89. The molecule has 0 saturated heterocycles. The fraction of sp³-hybridized carbons (Fsp3) is 0.273. The van der Waals surface area contributed by atoms with E-state index in [1.807, 2.05) is 20.0 Å². The molecule has 0 bridgehead atoms. The van der Waals surface area contributed by atoms with Gasteiger partial charge < -0.3 is 5.73 Å². The van der Waals surface area contributed by atoms with E-state index in [0.29, 0.717) is 5.56 Å². The number of nitrogens with two attached hydrogens (primary N) is 1. The van der Waals surface area contributed by atoms with E-state index in [9.17, 15) is 4.39 Å². The van der Waals surface area contributed by atoms with Gasteiger partial charge in [-0.05, 0) is 24.6 Å². The minimum Gasteiger partial charge on any atom is -0.319 e. The van der Waals surface area contributed by atoms with Crippen LogP contribution in [0.25, 0.3) is 0 Å². The van der Waals surface area contributed by atoms with Crippen LogP contribution in [0.1, 0.15) is 23.0 Å². The molecule has 84 valence electrons. The maximum atomic E-state index is 13.0. The van der Waals surface area contributed by atoms with Crippen LogP contribution in [0.3, 0.4) is 0 Å². The molecular formula is C11H13FN4. The van der Waals surface area contributed by atoms with E-state index in [1.165, 1.54) is 6.07 Å². The molecule has 2 aromatic heterocycles. The molecule has 5 heteroatoms. The zero-order chi connectivity index (χ0) is 11.7. The van der Waals surface area contributed by atoms with Gasteiger partial charge in [0.15, 0.2) is 0 Å². The van der Waals surface area contributed by atoms with Gasteiger partial charge in [0.05, 0.1) is 23.6 Å². The number of hydrogen-bond acceptors (Lipinski definition) is 3. The molecule has 4 nitrogen and oxygen atoms in total. The lowest BCUT2D eigenvalue weighted by atomic mass is 10.1. The Morgan fingerprint density at radius 1 is 1.38 bits per heavy atom. The predicted molar refractivity (Wildman–Crippen MR) is 58.2 cm³/mol. The first-order valence-electron chi connectivity index (χ1n) is 4.94. The molecule has 2 aromatic rings. The summed E-state index contributed by atoms with van der Waals surface area (Å²) < 4.78 is 14.7. The van der Waals surface area contributed by atoms with Crippen LogP contribution in [-0.4, -0.2) is 14.8 Å². The van der Waals surface area contributed by atoms with Crippen LogP contribution in [-0.2, 0) is 7.05 Å². The molecule has 1 unspecified atom stereocenters. The van der Waals surface area contributed by atoms with E-state index >= 15 is 0 Å². The number of halogens is 1. The molecule has 0 radical (unpaired) electrons. The molecule has 2 rings (SSSR count). The molecule has 2 N–H and O–H groups in total. The van der Waals surface area contributed by atoms with Crippen molar-refractivity contribution in [1.82, 2.24) is 14.8 Å². The monoisotopic (exact) mass is 220 g/mol. The fourth-order valence-electron chi connectivity index (χ4n) is 1.69. The van der Waals surface area contributed by atoms with Crippen molar-refractivity contribution in [3.05, 3.63) is 47.3 Å². The summed E-state index contributed by atoms with van der Waals surface area (Å²) >= 11 is 0. The Balaban J connectivity index is 2.38. The van der Waals surface area contributed by atoms with Crippen molar-refractivity contribution in [2.24, 2.45) is 12.8 Å².